The van der Waals surface area contributed by atoms with Crippen LogP contribution in [0.1, 0.15) is 20.3 Å². The number of alkyl halides is 1. The van der Waals surface area contributed by atoms with E-state index in [9.17, 15) is 0 Å². The molecule has 1 atom stereocenters. The highest BCUT2D eigenvalue weighted by molar-refractivity contribution is 8.16. The fourth-order valence-corrected chi connectivity index (χ4v) is 1.53. The van der Waals surface area contributed by atoms with Crippen molar-refractivity contribution in [3.63, 3.8) is 0 Å². The molecule has 0 bridgehead atoms. The van der Waals surface area contributed by atoms with Gasteiger partial charge in [-0.1, -0.05) is 30.3 Å². The molecule has 0 amide bonds. The van der Waals surface area contributed by atoms with Gasteiger partial charge in [-0.3, -0.25) is 4.99 Å². The predicted octanol–water partition coefficient (Wildman–Crippen LogP) is 3.35. The number of nitrogens with zero attached hydrogens (tertiary/aromatic N) is 1. The van der Waals surface area contributed by atoms with E-state index < -0.39 is 0 Å². The number of halogens is 2. The Kier molecular flexibility index (Phi) is 7.66. The lowest BCUT2D eigenvalue weighted by atomic mass is 10.4. The summed E-state index contributed by atoms with van der Waals surface area (Å²) in [5, 5.41) is 0. The van der Waals surface area contributed by atoms with Crippen molar-refractivity contribution in [2.24, 2.45) is 4.99 Å². The molecule has 0 aliphatic carbocycles. The quantitative estimate of drug-likeness (QED) is 0.397. The van der Waals surface area contributed by atoms with Crippen LogP contribution in [0.15, 0.2) is 4.99 Å². The maximum Gasteiger partial charge on any atom is 0.158 e. The molecule has 0 aliphatic rings. The van der Waals surface area contributed by atoms with Crippen LogP contribution in [0.4, 0.5) is 0 Å². The van der Waals surface area contributed by atoms with Gasteiger partial charge in [-0.15, -0.1) is 11.6 Å². The van der Waals surface area contributed by atoms with Crippen LogP contribution in [0.25, 0.3) is 0 Å². The number of rotatable bonds is 4. The van der Waals surface area contributed by atoms with Crippen molar-refractivity contribution in [1.29, 1.82) is 0 Å². The smallest absolute Gasteiger partial charge is 0.158 e. The minimum Gasteiger partial charge on any atom is -0.263 e. The largest absolute Gasteiger partial charge is 0.263 e. The van der Waals surface area contributed by atoms with Gasteiger partial charge < -0.3 is 0 Å². The lowest BCUT2D eigenvalue weighted by Crippen LogP contribution is -2.00. The maximum absolute atomic E-state index is 5.79. The van der Waals surface area contributed by atoms with Crippen molar-refractivity contribution in [3.8, 4) is 0 Å². The highest BCUT2D eigenvalue weighted by atomic mass is 35.5. The molecule has 0 rings (SSSR count). The lowest BCUT2D eigenvalue weighted by Gasteiger charge is -2.01. The van der Waals surface area contributed by atoms with Crippen LogP contribution in [-0.4, -0.2) is 22.2 Å². The van der Waals surface area contributed by atoms with E-state index in [0.717, 1.165) is 12.2 Å². The van der Waals surface area contributed by atoms with Crippen LogP contribution >= 0.6 is 35.0 Å². The molecule has 66 valence electrons. The molecule has 0 spiro atoms. The van der Waals surface area contributed by atoms with E-state index in [-0.39, 0.29) is 6.04 Å². The molecule has 0 heterocycles. The third kappa shape index (κ3) is 6.98. The third-order valence-electron chi connectivity index (χ3n) is 0.970. The van der Waals surface area contributed by atoms with Crippen molar-refractivity contribution >= 4 is 39.5 Å². The van der Waals surface area contributed by atoms with Gasteiger partial charge in [-0.25, -0.2) is 0 Å². The zero-order chi connectivity index (χ0) is 8.69. The predicted molar refractivity (Wildman–Crippen MR) is 56.2 cm³/mol. The van der Waals surface area contributed by atoms with Gasteiger partial charge in [0.1, 0.15) is 0 Å². The lowest BCUT2D eigenvalue weighted by molar-refractivity contribution is 0.850. The van der Waals surface area contributed by atoms with Crippen molar-refractivity contribution in [1.82, 2.24) is 0 Å². The Bertz CT molecular complexity index is 128. The van der Waals surface area contributed by atoms with Crippen molar-refractivity contribution in [2.45, 2.75) is 26.3 Å². The van der Waals surface area contributed by atoms with Gasteiger partial charge in [0.25, 0.3) is 0 Å². The van der Waals surface area contributed by atoms with Crippen LogP contribution in [0.3, 0.4) is 0 Å². The molecule has 1 unspecified atom stereocenters. The molecule has 4 heteroatoms. The molecule has 0 aromatic carbocycles. The van der Waals surface area contributed by atoms with E-state index in [1.54, 1.807) is 11.8 Å². The molecule has 0 aliphatic heterocycles. The first-order valence-electron chi connectivity index (χ1n) is 3.62. The van der Waals surface area contributed by atoms with Crippen molar-refractivity contribution in [2.75, 3.05) is 11.6 Å². The topological polar surface area (TPSA) is 12.4 Å². The first-order chi connectivity index (χ1) is 5.20. The summed E-state index contributed by atoms with van der Waals surface area (Å²) >= 11 is 12.9. The molecule has 1 nitrogen and oxygen atoms in total. The summed E-state index contributed by atoms with van der Waals surface area (Å²) in [6.07, 6.45) is 1.12. The Morgan fingerprint density at radius 1 is 1.64 bits per heavy atom. The zero-order valence-corrected chi connectivity index (χ0v) is 9.14. The van der Waals surface area contributed by atoms with Crippen LogP contribution in [0, 0.1) is 0 Å². The Morgan fingerprint density at radius 3 is 2.73 bits per heavy atom. The first-order valence-corrected chi connectivity index (χ1v) is 5.52. The molecule has 0 fully saturated rings. The Labute approximate surface area is 82.6 Å². The Morgan fingerprint density at radius 2 is 2.27 bits per heavy atom. The second-order valence-electron chi connectivity index (χ2n) is 2.23. The summed E-state index contributed by atoms with van der Waals surface area (Å²) in [6.45, 7) is 4.06. The SMILES string of the molecule is CCCSC(Cl)=NC(C)CCl. The molecule has 11 heavy (non-hydrogen) atoms. The summed E-state index contributed by atoms with van der Waals surface area (Å²) < 4.78 is 0.625. The van der Waals surface area contributed by atoms with Crippen molar-refractivity contribution < 1.29 is 0 Å². The van der Waals surface area contributed by atoms with Crippen molar-refractivity contribution in [3.05, 3.63) is 0 Å². The second kappa shape index (κ2) is 7.26. The first kappa shape index (κ1) is 11.6. The molecular weight excluding hydrogens is 201 g/mol. The summed E-state index contributed by atoms with van der Waals surface area (Å²) in [7, 11) is 0. The van der Waals surface area contributed by atoms with Gasteiger partial charge in [-0.2, -0.15) is 0 Å². The molecule has 0 N–H and O–H groups in total. The summed E-state index contributed by atoms with van der Waals surface area (Å²) in [6, 6.07) is 0.133. The average Bonchev–Trinajstić information content (AvgIpc) is 2.00. The normalized spacial score (nSPS) is 15.1. The fourth-order valence-electron chi connectivity index (χ4n) is 0.431. The number of hydrogen-bond donors (Lipinski definition) is 0. The summed E-state index contributed by atoms with van der Waals surface area (Å²) in [5.74, 6) is 1.56. The minimum atomic E-state index is 0.133. The summed E-state index contributed by atoms with van der Waals surface area (Å²) in [4.78, 5) is 4.15. The minimum absolute atomic E-state index is 0.133. The van der Waals surface area contributed by atoms with Crippen LogP contribution in [0.2, 0.25) is 0 Å². The second-order valence-corrected chi connectivity index (χ2v) is 4.21. The van der Waals surface area contributed by atoms with E-state index in [1.807, 2.05) is 6.92 Å². The van der Waals surface area contributed by atoms with Crippen LogP contribution < -0.4 is 0 Å². The molecule has 0 radical (unpaired) electrons. The van der Waals surface area contributed by atoms with E-state index in [1.165, 1.54) is 0 Å². The van der Waals surface area contributed by atoms with E-state index in [4.69, 9.17) is 23.2 Å². The average molecular weight is 214 g/mol. The van der Waals surface area contributed by atoms with Gasteiger partial charge in [0.05, 0.1) is 6.04 Å². The zero-order valence-electron chi connectivity index (χ0n) is 6.81. The van der Waals surface area contributed by atoms with Gasteiger partial charge in [-0.05, 0) is 13.3 Å². The Hall–Kier alpha value is 0.600. The molecule has 0 aromatic rings. The van der Waals surface area contributed by atoms with Gasteiger partial charge in [0, 0.05) is 11.6 Å². The van der Waals surface area contributed by atoms with Crippen LogP contribution in [-0.2, 0) is 0 Å². The standard InChI is InChI=1S/C7H13Cl2NS/c1-3-4-11-7(9)10-6(2)5-8/h6H,3-5H2,1-2H3. The third-order valence-corrected chi connectivity index (χ3v) is 2.80. The highest BCUT2D eigenvalue weighted by Crippen LogP contribution is 2.11. The molecular formula is C7H13Cl2NS. The van der Waals surface area contributed by atoms with Crippen LogP contribution in [0.5, 0.6) is 0 Å². The summed E-state index contributed by atoms with van der Waals surface area (Å²) in [5.41, 5.74) is 0. The number of aliphatic imine (C=N–C) groups is 1. The van der Waals surface area contributed by atoms with Gasteiger partial charge in [0.2, 0.25) is 0 Å². The molecule has 0 saturated heterocycles. The molecule has 0 saturated carbocycles. The van der Waals surface area contributed by atoms with E-state index in [2.05, 4.69) is 11.9 Å². The molecule has 0 aromatic heterocycles. The number of thioether (sulfide) groups is 1. The van der Waals surface area contributed by atoms with Gasteiger partial charge >= 0.3 is 0 Å². The van der Waals surface area contributed by atoms with E-state index in [0.29, 0.717) is 10.4 Å². The fraction of sp³-hybridized carbons (Fsp3) is 0.857. The van der Waals surface area contributed by atoms with E-state index >= 15 is 0 Å². The van der Waals surface area contributed by atoms with Gasteiger partial charge in [0.15, 0.2) is 4.50 Å². The monoisotopic (exact) mass is 213 g/mol. The number of hydrogen-bond acceptors (Lipinski definition) is 2. The Balaban J connectivity index is 3.61. The maximum atomic E-state index is 5.79. The highest BCUT2D eigenvalue weighted by Gasteiger charge is 1.98.